The van der Waals surface area contributed by atoms with Gasteiger partial charge in [-0.05, 0) is 47.7 Å². The van der Waals surface area contributed by atoms with E-state index >= 15 is 0 Å². The van der Waals surface area contributed by atoms with Crippen LogP contribution in [0.2, 0.25) is 0 Å². The third kappa shape index (κ3) is 3.03. The van der Waals surface area contributed by atoms with Crippen molar-refractivity contribution < 1.29 is 19.2 Å². The van der Waals surface area contributed by atoms with Crippen LogP contribution in [0.3, 0.4) is 0 Å². The number of carbonyl (C=O) groups excluding carboxylic acids is 4. The Labute approximate surface area is 205 Å². The maximum atomic E-state index is 13.2. The van der Waals surface area contributed by atoms with Crippen LogP contribution in [0.1, 0.15) is 56.4 Å². The lowest BCUT2D eigenvalue weighted by atomic mass is 9.89. The summed E-state index contributed by atoms with van der Waals surface area (Å²) in [6.07, 6.45) is 3.14. The summed E-state index contributed by atoms with van der Waals surface area (Å²) in [5.41, 5.74) is 4.76. The van der Waals surface area contributed by atoms with Crippen molar-refractivity contribution in [3.8, 4) is 5.69 Å². The van der Waals surface area contributed by atoms with Crippen molar-refractivity contribution in [3.63, 3.8) is 0 Å². The third-order valence-corrected chi connectivity index (χ3v) is 7.81. The number of likely N-dealkylation sites (tertiary alicyclic amines) is 1. The standard InChI is InChI=1S/C26H22N6O4/c33-22-8-7-21(24(34)27-22)30-11-15-10-17(5-6-19(15)25(30)35)32-13-20(28-29-32)26(36)31-12-16-9-14-3-1-2-4-18(14)23(16)31/h1-6,10,13,16,21,23H,7-9,11-12H2,(H,27,33,34)/t16-,21?,23+/m0/s1. The number of fused-ring (bicyclic) bond motifs is 4. The van der Waals surface area contributed by atoms with E-state index in [1.807, 2.05) is 23.1 Å². The molecule has 2 aromatic carbocycles. The summed E-state index contributed by atoms with van der Waals surface area (Å²) in [4.78, 5) is 53.3. The number of carbonyl (C=O) groups is 4. The molecule has 10 nitrogen and oxygen atoms in total. The molecule has 0 spiro atoms. The smallest absolute Gasteiger partial charge is 0.276 e. The highest BCUT2D eigenvalue weighted by Gasteiger charge is 2.48. The Kier molecular flexibility index (Phi) is 4.42. The number of aromatic nitrogens is 3. The van der Waals surface area contributed by atoms with Gasteiger partial charge in [0.05, 0.1) is 17.9 Å². The Morgan fingerprint density at radius 2 is 1.92 bits per heavy atom. The summed E-state index contributed by atoms with van der Waals surface area (Å²) in [5.74, 6) is -0.664. The van der Waals surface area contributed by atoms with Gasteiger partial charge in [0.15, 0.2) is 5.69 Å². The van der Waals surface area contributed by atoms with Gasteiger partial charge in [-0.25, -0.2) is 4.68 Å². The molecule has 3 atom stereocenters. The zero-order chi connectivity index (χ0) is 24.6. The molecular weight excluding hydrogens is 460 g/mol. The molecule has 180 valence electrons. The number of amides is 4. The molecule has 7 rings (SSSR count). The minimum Gasteiger partial charge on any atom is -0.329 e. The number of rotatable bonds is 3. The van der Waals surface area contributed by atoms with E-state index in [2.05, 4.69) is 27.8 Å². The summed E-state index contributed by atoms with van der Waals surface area (Å²) < 4.78 is 1.53. The Morgan fingerprint density at radius 3 is 2.78 bits per heavy atom. The first-order valence-electron chi connectivity index (χ1n) is 12.1. The van der Waals surface area contributed by atoms with E-state index < -0.39 is 11.9 Å². The lowest BCUT2D eigenvalue weighted by Gasteiger charge is -2.44. The maximum Gasteiger partial charge on any atom is 0.276 e. The largest absolute Gasteiger partial charge is 0.329 e. The molecule has 4 aliphatic rings. The molecule has 2 fully saturated rings. The fourth-order valence-corrected chi connectivity index (χ4v) is 6.02. The van der Waals surface area contributed by atoms with Gasteiger partial charge in [-0.2, -0.15) is 0 Å². The normalized spacial score (nSPS) is 24.2. The van der Waals surface area contributed by atoms with Crippen LogP contribution in [0.4, 0.5) is 0 Å². The molecule has 0 bridgehead atoms. The molecule has 1 aliphatic carbocycles. The quantitative estimate of drug-likeness (QED) is 0.564. The molecule has 3 aliphatic heterocycles. The lowest BCUT2D eigenvalue weighted by molar-refractivity contribution is -0.136. The van der Waals surface area contributed by atoms with Gasteiger partial charge >= 0.3 is 0 Å². The summed E-state index contributed by atoms with van der Waals surface area (Å²) >= 11 is 0. The van der Waals surface area contributed by atoms with Crippen molar-refractivity contribution in [3.05, 3.63) is 76.6 Å². The summed E-state index contributed by atoms with van der Waals surface area (Å²) in [6, 6.07) is 13.0. The molecule has 1 unspecified atom stereocenters. The van der Waals surface area contributed by atoms with Crippen LogP contribution < -0.4 is 5.32 Å². The predicted molar refractivity (Wildman–Crippen MR) is 125 cm³/mol. The first-order chi connectivity index (χ1) is 17.5. The second kappa shape index (κ2) is 7.58. The van der Waals surface area contributed by atoms with Crippen LogP contribution in [0.15, 0.2) is 48.7 Å². The topological polar surface area (TPSA) is 118 Å². The number of benzene rings is 2. The predicted octanol–water partition coefficient (Wildman–Crippen LogP) is 1.40. The van der Waals surface area contributed by atoms with Gasteiger partial charge in [-0.3, -0.25) is 24.5 Å². The van der Waals surface area contributed by atoms with Crippen LogP contribution in [0.25, 0.3) is 5.69 Å². The van der Waals surface area contributed by atoms with Crippen molar-refractivity contribution in [2.75, 3.05) is 6.54 Å². The molecule has 10 heteroatoms. The minimum absolute atomic E-state index is 0.100. The molecule has 0 radical (unpaired) electrons. The van der Waals surface area contributed by atoms with E-state index in [1.54, 1.807) is 18.3 Å². The highest BCUT2D eigenvalue weighted by molar-refractivity contribution is 6.05. The van der Waals surface area contributed by atoms with Gasteiger partial charge in [0, 0.05) is 31.0 Å². The zero-order valence-electron chi connectivity index (χ0n) is 19.3. The average Bonchev–Trinajstić information content (AvgIpc) is 3.54. The van der Waals surface area contributed by atoms with Crippen LogP contribution in [-0.4, -0.2) is 61.0 Å². The molecule has 36 heavy (non-hydrogen) atoms. The monoisotopic (exact) mass is 482 g/mol. The summed E-state index contributed by atoms with van der Waals surface area (Å²) in [5, 5.41) is 10.6. The summed E-state index contributed by atoms with van der Waals surface area (Å²) in [6.45, 7) is 0.979. The van der Waals surface area contributed by atoms with Gasteiger partial charge in [-0.1, -0.05) is 29.5 Å². The van der Waals surface area contributed by atoms with Gasteiger partial charge < -0.3 is 9.80 Å². The first kappa shape index (κ1) is 21.0. The Bertz CT molecular complexity index is 1480. The molecule has 3 aromatic rings. The van der Waals surface area contributed by atoms with Gasteiger partial charge in [-0.15, -0.1) is 5.10 Å². The van der Waals surface area contributed by atoms with Crippen LogP contribution in [-0.2, 0) is 22.6 Å². The molecule has 4 amide bonds. The van der Waals surface area contributed by atoms with Crippen molar-refractivity contribution in [2.45, 2.75) is 37.9 Å². The third-order valence-electron chi connectivity index (χ3n) is 7.81. The zero-order valence-corrected chi connectivity index (χ0v) is 19.3. The first-order valence-corrected chi connectivity index (χ1v) is 12.1. The summed E-state index contributed by atoms with van der Waals surface area (Å²) in [7, 11) is 0. The number of imide groups is 1. The second-order valence-electron chi connectivity index (χ2n) is 9.86. The Morgan fingerprint density at radius 1 is 1.06 bits per heavy atom. The van der Waals surface area contributed by atoms with Crippen molar-refractivity contribution in [1.82, 2.24) is 30.1 Å². The SMILES string of the molecule is O=C1CCC(N2Cc3cc(-n4cc(C(=O)N5C[C@@H]6Cc7ccccc7[C@@H]65)nn4)ccc3C2=O)C(=O)N1. The second-order valence-corrected chi connectivity index (χ2v) is 9.86. The van der Waals surface area contributed by atoms with E-state index in [4.69, 9.17) is 0 Å². The number of hydrogen-bond donors (Lipinski definition) is 1. The fraction of sp³-hybridized carbons (Fsp3) is 0.308. The van der Waals surface area contributed by atoms with E-state index in [0.717, 1.165) is 12.0 Å². The maximum absolute atomic E-state index is 13.2. The molecule has 1 aromatic heterocycles. The van der Waals surface area contributed by atoms with Crippen LogP contribution >= 0.6 is 0 Å². The van der Waals surface area contributed by atoms with Crippen molar-refractivity contribution >= 4 is 23.6 Å². The van der Waals surface area contributed by atoms with Crippen molar-refractivity contribution in [1.29, 1.82) is 0 Å². The highest BCUT2D eigenvalue weighted by Crippen LogP contribution is 2.48. The molecule has 4 heterocycles. The minimum atomic E-state index is -0.664. The Hall–Kier alpha value is -4.34. The number of piperidine rings is 1. The Balaban J connectivity index is 1.10. The average molecular weight is 483 g/mol. The van der Waals surface area contributed by atoms with E-state index in [0.29, 0.717) is 30.1 Å². The van der Waals surface area contributed by atoms with Crippen LogP contribution in [0, 0.1) is 5.92 Å². The van der Waals surface area contributed by atoms with Gasteiger partial charge in [0.2, 0.25) is 11.8 Å². The van der Waals surface area contributed by atoms with E-state index in [-0.39, 0.29) is 42.4 Å². The number of nitrogens with zero attached hydrogens (tertiary/aromatic N) is 5. The molecule has 2 saturated heterocycles. The van der Waals surface area contributed by atoms with Crippen molar-refractivity contribution in [2.24, 2.45) is 5.92 Å². The van der Waals surface area contributed by atoms with Crippen LogP contribution in [0.5, 0.6) is 0 Å². The van der Waals surface area contributed by atoms with E-state index in [9.17, 15) is 19.2 Å². The molecule has 1 N–H and O–H groups in total. The highest BCUT2D eigenvalue weighted by atomic mass is 16.2. The fourth-order valence-electron chi connectivity index (χ4n) is 6.02. The lowest BCUT2D eigenvalue weighted by Crippen LogP contribution is -2.52. The number of nitrogens with one attached hydrogen (secondary N) is 1. The molecular formula is C26H22N6O4. The van der Waals surface area contributed by atoms with E-state index in [1.165, 1.54) is 20.7 Å². The molecule has 0 saturated carbocycles. The number of hydrogen-bond acceptors (Lipinski definition) is 6. The van der Waals surface area contributed by atoms with Gasteiger partial charge in [0.25, 0.3) is 11.8 Å². The van der Waals surface area contributed by atoms with Gasteiger partial charge in [0.1, 0.15) is 6.04 Å².